The van der Waals surface area contributed by atoms with Gasteiger partial charge in [0.1, 0.15) is 11.9 Å². The molecule has 1 atom stereocenters. The summed E-state index contributed by atoms with van der Waals surface area (Å²) in [6, 6.07) is 14.5. The molecule has 138 valence electrons. The molecule has 0 radical (unpaired) electrons. The van der Waals surface area contributed by atoms with Gasteiger partial charge in [-0.05, 0) is 29.6 Å². The second kappa shape index (κ2) is 6.02. The molecule has 5 nitrogen and oxygen atoms in total. The van der Waals surface area contributed by atoms with E-state index in [-0.39, 0.29) is 4.59 Å². The third-order valence-electron chi connectivity index (χ3n) is 5.34. The summed E-state index contributed by atoms with van der Waals surface area (Å²) in [6.45, 7) is 0. The number of nitrogens with two attached hydrogens (primary N) is 1. The molecule has 4 heterocycles. The number of benzene rings is 1. The number of rotatable bonds is 3. The van der Waals surface area contributed by atoms with E-state index in [9.17, 15) is 0 Å². The highest BCUT2D eigenvalue weighted by Crippen LogP contribution is 2.36. The summed E-state index contributed by atoms with van der Waals surface area (Å²) in [7, 11) is 0. The third-order valence-corrected chi connectivity index (χ3v) is 6.24. The van der Waals surface area contributed by atoms with E-state index in [2.05, 4.69) is 46.8 Å². The van der Waals surface area contributed by atoms with Crippen molar-refractivity contribution in [2.75, 3.05) is 0 Å². The molecule has 2 N–H and O–H groups in total. The Bertz CT molecular complexity index is 1360. The zero-order chi connectivity index (χ0) is 19.4. The Morgan fingerprint density at radius 2 is 1.97 bits per heavy atom. The van der Waals surface area contributed by atoms with Crippen LogP contribution in [0.15, 0.2) is 105 Å². The molecule has 2 aliphatic heterocycles. The van der Waals surface area contributed by atoms with Crippen molar-refractivity contribution in [3.05, 3.63) is 101 Å². The van der Waals surface area contributed by atoms with Crippen molar-refractivity contribution >= 4 is 34.3 Å². The van der Waals surface area contributed by atoms with Crippen molar-refractivity contribution in [3.8, 4) is 10.6 Å². The highest BCUT2D eigenvalue weighted by atomic mass is 32.1. The van der Waals surface area contributed by atoms with Crippen LogP contribution in [0.25, 0.3) is 21.5 Å². The molecule has 6 heteroatoms. The minimum Gasteiger partial charge on any atom is -0.253 e. The lowest BCUT2D eigenvalue weighted by atomic mass is 10.0. The number of fused-ring (bicyclic) bond motifs is 2. The van der Waals surface area contributed by atoms with Gasteiger partial charge in [-0.25, -0.2) is 4.98 Å². The van der Waals surface area contributed by atoms with Crippen molar-refractivity contribution in [1.29, 1.82) is 0 Å². The molecule has 6 rings (SSSR count). The van der Waals surface area contributed by atoms with E-state index >= 15 is 0 Å². The first-order valence-corrected chi connectivity index (χ1v) is 10.2. The first kappa shape index (κ1) is 16.5. The largest absolute Gasteiger partial charge is 0.265 e. The first-order valence-electron chi connectivity index (χ1n) is 9.28. The fourth-order valence-electron chi connectivity index (χ4n) is 3.76. The van der Waals surface area contributed by atoms with E-state index in [1.165, 1.54) is 0 Å². The average Bonchev–Trinajstić information content (AvgIpc) is 3.33. The minimum absolute atomic E-state index is 0.0140. The molecule has 0 amide bonds. The average molecular weight is 394 g/mol. The second-order valence-corrected chi connectivity index (χ2v) is 8.03. The van der Waals surface area contributed by atoms with E-state index < -0.39 is 0 Å². The van der Waals surface area contributed by atoms with E-state index in [1.807, 2.05) is 30.5 Å². The lowest BCUT2D eigenvalue weighted by Gasteiger charge is -2.26. The van der Waals surface area contributed by atoms with E-state index in [1.54, 1.807) is 23.8 Å². The fourth-order valence-corrected chi connectivity index (χ4v) is 4.45. The van der Waals surface area contributed by atoms with Crippen molar-refractivity contribution in [1.82, 2.24) is 4.98 Å². The molecular formula is C23H16N5S+. The number of hydrogen-bond donors (Lipinski definition) is 1. The maximum atomic E-state index is 6.80. The molecule has 2 aromatic heterocycles. The Morgan fingerprint density at radius 3 is 2.76 bits per heavy atom. The van der Waals surface area contributed by atoms with Gasteiger partial charge in [-0.3, -0.25) is 4.99 Å². The Morgan fingerprint density at radius 1 is 1.07 bits per heavy atom. The highest BCUT2D eigenvalue weighted by molar-refractivity contribution is 7.13. The Balaban J connectivity index is 1.49. The zero-order valence-corrected chi connectivity index (χ0v) is 16.2. The molecule has 3 aliphatic rings. The predicted octanol–water partition coefficient (Wildman–Crippen LogP) is 4.68. The minimum atomic E-state index is 0.0140. The van der Waals surface area contributed by atoms with Gasteiger partial charge in [0, 0.05) is 11.0 Å². The van der Waals surface area contributed by atoms with Gasteiger partial charge in [0.2, 0.25) is 5.70 Å². The Kier molecular flexibility index (Phi) is 3.43. The smallest absolute Gasteiger partial charge is 0.253 e. The number of hydrogen-bond acceptors (Lipinski definition) is 5. The number of quaternary nitrogens is 1. The Hall–Kier alpha value is -3.45. The van der Waals surface area contributed by atoms with E-state index in [4.69, 9.17) is 15.8 Å². The van der Waals surface area contributed by atoms with E-state index in [0.717, 1.165) is 49.8 Å². The summed E-state index contributed by atoms with van der Waals surface area (Å²) >= 11 is 1.69. The number of allylic oxidation sites excluding steroid dienone is 4. The van der Waals surface area contributed by atoms with Crippen LogP contribution < -0.4 is 5.84 Å². The van der Waals surface area contributed by atoms with Gasteiger partial charge >= 0.3 is 0 Å². The summed E-state index contributed by atoms with van der Waals surface area (Å²) in [5.41, 5.74) is 5.67. The highest BCUT2D eigenvalue weighted by Gasteiger charge is 2.44. The number of aliphatic imine (C=N–C) groups is 2. The molecule has 3 aromatic rings. The quantitative estimate of drug-likeness (QED) is 0.518. The summed E-state index contributed by atoms with van der Waals surface area (Å²) < 4.78 is 0.0140. The lowest BCUT2D eigenvalue weighted by Crippen LogP contribution is -2.53. The van der Waals surface area contributed by atoms with Crippen LogP contribution in [0.4, 0.5) is 0 Å². The van der Waals surface area contributed by atoms with Gasteiger partial charge in [-0.2, -0.15) is 10.8 Å². The van der Waals surface area contributed by atoms with Crippen LogP contribution >= 0.6 is 11.3 Å². The third kappa shape index (κ3) is 2.44. The van der Waals surface area contributed by atoms with Gasteiger partial charge in [-0.15, -0.1) is 15.9 Å². The number of aromatic nitrogens is 1. The van der Waals surface area contributed by atoms with E-state index in [0.29, 0.717) is 0 Å². The first-order chi connectivity index (χ1) is 14.2. The van der Waals surface area contributed by atoms with Crippen LogP contribution in [-0.2, 0) is 0 Å². The standard InChI is InChI=1S/C23H16N5S/c24-28-11-10-25-14-20(28)22(16-3-1-4-16)27-23(28)17-7-6-15-8-9-18(26-19(15)13-17)21-5-2-12-29-21/h1-14H,24H2/q+1. The summed E-state index contributed by atoms with van der Waals surface area (Å²) in [4.78, 5) is 15.3. The van der Waals surface area contributed by atoms with Gasteiger partial charge in [0.15, 0.2) is 0 Å². The zero-order valence-electron chi connectivity index (χ0n) is 15.4. The van der Waals surface area contributed by atoms with Gasteiger partial charge < -0.3 is 0 Å². The van der Waals surface area contributed by atoms with Crippen molar-refractivity contribution in [2.45, 2.75) is 0 Å². The SMILES string of the molecule is N[N+]12C=CN=CC1=C(C1=CC=C1)N=C2c1ccc2ccc(-c3cccs3)nc2c1. The lowest BCUT2D eigenvalue weighted by molar-refractivity contribution is -0.750. The van der Waals surface area contributed by atoms with Crippen molar-refractivity contribution in [2.24, 2.45) is 15.8 Å². The molecule has 0 bridgehead atoms. The molecule has 0 fully saturated rings. The Labute approximate surface area is 171 Å². The van der Waals surface area contributed by atoms with Crippen LogP contribution in [0, 0.1) is 0 Å². The normalized spacial score (nSPS) is 22.0. The number of nitrogens with zero attached hydrogens (tertiary/aromatic N) is 4. The summed E-state index contributed by atoms with van der Waals surface area (Å²) in [5.74, 6) is 7.57. The van der Waals surface area contributed by atoms with Crippen LogP contribution in [0.3, 0.4) is 0 Å². The molecule has 0 spiro atoms. The number of pyridine rings is 1. The topological polar surface area (TPSA) is 63.6 Å². The molecule has 1 unspecified atom stereocenters. The molecule has 1 aromatic carbocycles. The summed E-state index contributed by atoms with van der Waals surface area (Å²) in [6.07, 6.45) is 11.5. The summed E-state index contributed by atoms with van der Waals surface area (Å²) in [5, 5.41) is 3.15. The second-order valence-electron chi connectivity index (χ2n) is 7.09. The van der Waals surface area contributed by atoms with Gasteiger partial charge in [0.05, 0.1) is 34.1 Å². The van der Waals surface area contributed by atoms with Crippen LogP contribution in [-0.4, -0.2) is 21.6 Å². The van der Waals surface area contributed by atoms with Gasteiger partial charge in [-0.1, -0.05) is 36.4 Å². The molecule has 1 aliphatic carbocycles. The van der Waals surface area contributed by atoms with Crippen LogP contribution in [0.1, 0.15) is 5.56 Å². The molecule has 0 saturated carbocycles. The predicted molar refractivity (Wildman–Crippen MR) is 118 cm³/mol. The van der Waals surface area contributed by atoms with Gasteiger partial charge in [0.25, 0.3) is 5.84 Å². The number of thiophene rings is 1. The van der Waals surface area contributed by atoms with Crippen molar-refractivity contribution < 1.29 is 4.59 Å². The van der Waals surface area contributed by atoms with Crippen molar-refractivity contribution in [3.63, 3.8) is 0 Å². The maximum absolute atomic E-state index is 6.80. The maximum Gasteiger partial charge on any atom is 0.265 e. The monoisotopic (exact) mass is 394 g/mol. The fraction of sp³-hybridized carbons (Fsp3) is 0. The van der Waals surface area contributed by atoms with Crippen LogP contribution in [0.5, 0.6) is 0 Å². The molecule has 29 heavy (non-hydrogen) atoms. The molecule has 0 saturated heterocycles. The molecular weight excluding hydrogens is 378 g/mol. The number of amidine groups is 1. The van der Waals surface area contributed by atoms with Crippen LogP contribution in [0.2, 0.25) is 0 Å².